The van der Waals surface area contributed by atoms with Gasteiger partial charge < -0.3 is 9.84 Å². The molecule has 1 aromatic heterocycles. The average molecular weight is 326 g/mol. The Morgan fingerprint density at radius 1 is 1.22 bits per heavy atom. The summed E-state index contributed by atoms with van der Waals surface area (Å²) >= 11 is 0. The molecule has 0 aliphatic heterocycles. The second kappa shape index (κ2) is 6.44. The molecule has 1 atom stereocenters. The Labute approximate surface area is 131 Å². The molecule has 0 saturated carbocycles. The zero-order valence-corrected chi connectivity index (χ0v) is 12.9. The van der Waals surface area contributed by atoms with E-state index >= 15 is 0 Å². The summed E-state index contributed by atoms with van der Waals surface area (Å²) in [4.78, 5) is 12.0. The van der Waals surface area contributed by atoms with Crippen LogP contribution in [0.3, 0.4) is 0 Å². The molecule has 0 unspecified atom stereocenters. The molecule has 23 heavy (non-hydrogen) atoms. The maximum absolute atomic E-state index is 12.7. The third-order valence-electron chi connectivity index (χ3n) is 3.58. The summed E-state index contributed by atoms with van der Waals surface area (Å²) < 4.78 is 43.2. The quantitative estimate of drug-likeness (QED) is 0.919. The number of amides is 1. The van der Waals surface area contributed by atoms with Gasteiger partial charge in [0.2, 0.25) is 0 Å². The van der Waals surface area contributed by atoms with E-state index in [9.17, 15) is 18.0 Å². The van der Waals surface area contributed by atoms with Gasteiger partial charge in [-0.1, -0.05) is 31.1 Å². The van der Waals surface area contributed by atoms with E-state index in [-0.39, 0.29) is 29.0 Å². The van der Waals surface area contributed by atoms with Gasteiger partial charge in [0.25, 0.3) is 5.91 Å². The van der Waals surface area contributed by atoms with Gasteiger partial charge >= 0.3 is 6.18 Å². The molecule has 1 N–H and O–H groups in total. The maximum Gasteiger partial charge on any atom is 0.416 e. The number of carbonyl (C=O) groups is 1. The first-order valence-corrected chi connectivity index (χ1v) is 7.13. The largest absolute Gasteiger partial charge is 0.416 e. The number of nitrogens with zero attached hydrogens (tertiary/aromatic N) is 1. The predicted molar refractivity (Wildman–Crippen MR) is 78.7 cm³/mol. The first kappa shape index (κ1) is 17.1. The van der Waals surface area contributed by atoms with Crippen LogP contribution in [-0.2, 0) is 6.18 Å². The maximum atomic E-state index is 12.7. The SMILES string of the molecule is CC(C)[C@@H](C)NC(=O)c1cc(-c2cccc(C(F)(F)F)c2)on1. The number of aromatic nitrogens is 1. The lowest BCUT2D eigenvalue weighted by atomic mass is 10.1. The van der Waals surface area contributed by atoms with E-state index in [1.54, 1.807) is 0 Å². The summed E-state index contributed by atoms with van der Waals surface area (Å²) in [5.74, 6) is -0.0691. The lowest BCUT2D eigenvalue weighted by Gasteiger charge is -2.16. The van der Waals surface area contributed by atoms with Crippen molar-refractivity contribution in [2.24, 2.45) is 5.92 Å². The summed E-state index contributed by atoms with van der Waals surface area (Å²) in [6.07, 6.45) is -4.44. The van der Waals surface area contributed by atoms with Crippen molar-refractivity contribution >= 4 is 5.91 Å². The molecule has 1 aromatic carbocycles. The van der Waals surface area contributed by atoms with Crippen LogP contribution < -0.4 is 5.32 Å². The molecule has 0 saturated heterocycles. The Kier molecular flexibility index (Phi) is 4.77. The minimum absolute atomic E-state index is 0.0323. The molecule has 7 heteroatoms. The van der Waals surface area contributed by atoms with E-state index < -0.39 is 17.6 Å². The molecule has 0 bridgehead atoms. The molecule has 1 amide bonds. The van der Waals surface area contributed by atoms with Gasteiger partial charge in [-0.2, -0.15) is 13.2 Å². The van der Waals surface area contributed by atoms with Crippen molar-refractivity contribution in [2.45, 2.75) is 33.0 Å². The molecular weight excluding hydrogens is 309 g/mol. The summed E-state index contributed by atoms with van der Waals surface area (Å²) in [6.45, 7) is 5.78. The highest BCUT2D eigenvalue weighted by Crippen LogP contribution is 2.32. The number of nitrogens with one attached hydrogen (secondary N) is 1. The summed E-state index contributed by atoms with van der Waals surface area (Å²) in [5, 5.41) is 6.38. The second-order valence-electron chi connectivity index (χ2n) is 5.66. The zero-order chi connectivity index (χ0) is 17.2. The number of alkyl halides is 3. The van der Waals surface area contributed by atoms with E-state index in [0.29, 0.717) is 0 Å². The van der Waals surface area contributed by atoms with Crippen LogP contribution in [0.25, 0.3) is 11.3 Å². The van der Waals surface area contributed by atoms with Gasteiger partial charge in [-0.25, -0.2) is 0 Å². The van der Waals surface area contributed by atoms with Crippen LogP contribution in [0.2, 0.25) is 0 Å². The third-order valence-corrected chi connectivity index (χ3v) is 3.58. The number of hydrogen-bond donors (Lipinski definition) is 1. The number of benzene rings is 1. The minimum atomic E-state index is -4.44. The van der Waals surface area contributed by atoms with Crippen molar-refractivity contribution in [3.63, 3.8) is 0 Å². The highest BCUT2D eigenvalue weighted by molar-refractivity contribution is 5.93. The number of rotatable bonds is 4. The molecule has 4 nitrogen and oxygen atoms in total. The van der Waals surface area contributed by atoms with Crippen LogP contribution in [0.1, 0.15) is 36.8 Å². The lowest BCUT2D eigenvalue weighted by Crippen LogP contribution is -2.36. The second-order valence-corrected chi connectivity index (χ2v) is 5.66. The molecule has 0 fully saturated rings. The predicted octanol–water partition coefficient (Wildman–Crippen LogP) is 4.13. The smallest absolute Gasteiger partial charge is 0.355 e. The molecule has 2 rings (SSSR count). The Morgan fingerprint density at radius 2 is 1.91 bits per heavy atom. The van der Waals surface area contributed by atoms with E-state index in [4.69, 9.17) is 4.52 Å². The molecule has 1 heterocycles. The van der Waals surface area contributed by atoms with Crippen LogP contribution in [0.15, 0.2) is 34.9 Å². The van der Waals surface area contributed by atoms with Gasteiger partial charge in [0.1, 0.15) is 0 Å². The monoisotopic (exact) mass is 326 g/mol. The van der Waals surface area contributed by atoms with Crippen molar-refractivity contribution in [2.75, 3.05) is 0 Å². The van der Waals surface area contributed by atoms with Crippen LogP contribution in [-0.4, -0.2) is 17.1 Å². The topological polar surface area (TPSA) is 55.1 Å². The molecular formula is C16H17F3N2O2. The van der Waals surface area contributed by atoms with Crippen molar-refractivity contribution in [1.82, 2.24) is 10.5 Å². The molecule has 2 aromatic rings. The Balaban J connectivity index is 2.21. The standard InChI is InChI=1S/C16H17F3N2O2/c1-9(2)10(3)20-15(22)13-8-14(23-21-13)11-5-4-6-12(7-11)16(17,18)19/h4-10H,1-3H3,(H,20,22)/t10-/m1/s1. The highest BCUT2D eigenvalue weighted by atomic mass is 19.4. The van der Waals surface area contributed by atoms with E-state index in [0.717, 1.165) is 12.1 Å². The first-order chi connectivity index (χ1) is 10.7. The summed E-state index contributed by atoms with van der Waals surface area (Å²) in [6, 6.07) is 5.94. The van der Waals surface area contributed by atoms with Crippen LogP contribution in [0.5, 0.6) is 0 Å². The summed E-state index contributed by atoms with van der Waals surface area (Å²) in [7, 11) is 0. The number of halogens is 3. The number of carbonyl (C=O) groups excluding carboxylic acids is 1. The highest BCUT2D eigenvalue weighted by Gasteiger charge is 2.30. The van der Waals surface area contributed by atoms with E-state index in [1.807, 2.05) is 20.8 Å². The minimum Gasteiger partial charge on any atom is -0.355 e. The number of hydrogen-bond acceptors (Lipinski definition) is 3. The fraction of sp³-hybridized carbons (Fsp3) is 0.375. The van der Waals surface area contributed by atoms with E-state index in [1.165, 1.54) is 18.2 Å². The average Bonchev–Trinajstić information content (AvgIpc) is 2.96. The Bertz CT molecular complexity index is 693. The van der Waals surface area contributed by atoms with Crippen LogP contribution in [0, 0.1) is 5.92 Å². The zero-order valence-electron chi connectivity index (χ0n) is 12.9. The normalized spacial score (nSPS) is 13.2. The lowest BCUT2D eigenvalue weighted by molar-refractivity contribution is -0.137. The van der Waals surface area contributed by atoms with Crippen molar-refractivity contribution < 1.29 is 22.5 Å². The molecule has 0 spiro atoms. The van der Waals surface area contributed by atoms with Gasteiger partial charge in [0, 0.05) is 17.7 Å². The van der Waals surface area contributed by atoms with Crippen molar-refractivity contribution in [3.05, 3.63) is 41.6 Å². The van der Waals surface area contributed by atoms with Gasteiger partial charge in [-0.05, 0) is 25.0 Å². The van der Waals surface area contributed by atoms with Gasteiger partial charge in [0.05, 0.1) is 5.56 Å². The van der Waals surface area contributed by atoms with Crippen molar-refractivity contribution in [1.29, 1.82) is 0 Å². The first-order valence-electron chi connectivity index (χ1n) is 7.13. The van der Waals surface area contributed by atoms with Crippen LogP contribution in [0.4, 0.5) is 13.2 Å². The molecule has 124 valence electrons. The van der Waals surface area contributed by atoms with Crippen molar-refractivity contribution in [3.8, 4) is 11.3 Å². The molecule has 0 radical (unpaired) electrons. The van der Waals surface area contributed by atoms with E-state index in [2.05, 4.69) is 10.5 Å². The third kappa shape index (κ3) is 4.12. The fourth-order valence-corrected chi connectivity index (χ4v) is 1.81. The van der Waals surface area contributed by atoms with Gasteiger partial charge in [-0.15, -0.1) is 0 Å². The van der Waals surface area contributed by atoms with Gasteiger partial charge in [-0.3, -0.25) is 4.79 Å². The molecule has 0 aliphatic carbocycles. The molecule has 0 aliphatic rings. The van der Waals surface area contributed by atoms with Gasteiger partial charge in [0.15, 0.2) is 11.5 Å². The Hall–Kier alpha value is -2.31. The Morgan fingerprint density at radius 3 is 2.52 bits per heavy atom. The fourth-order valence-electron chi connectivity index (χ4n) is 1.81. The summed E-state index contributed by atoms with van der Waals surface area (Å²) in [5.41, 5.74) is -0.543. The van der Waals surface area contributed by atoms with Crippen LogP contribution >= 0.6 is 0 Å².